The van der Waals surface area contributed by atoms with E-state index in [4.69, 9.17) is 5.73 Å². The van der Waals surface area contributed by atoms with Crippen LogP contribution in [0.4, 0.5) is 14.5 Å². The molecule has 0 bridgehead atoms. The van der Waals surface area contributed by atoms with Gasteiger partial charge >= 0.3 is 6.61 Å². The minimum atomic E-state index is -2.92. The van der Waals surface area contributed by atoms with Crippen molar-refractivity contribution in [2.24, 2.45) is 5.73 Å². The van der Waals surface area contributed by atoms with Gasteiger partial charge in [-0.1, -0.05) is 18.2 Å². The molecule has 0 aliphatic rings. The predicted octanol–water partition coefficient (Wildman–Crippen LogP) is 3.00. The maximum atomic E-state index is 12.1. The van der Waals surface area contributed by atoms with Gasteiger partial charge in [0.1, 0.15) is 5.75 Å². The van der Waals surface area contributed by atoms with Crippen LogP contribution in [0, 0.1) is 0 Å². The van der Waals surface area contributed by atoms with Gasteiger partial charge < -0.3 is 15.8 Å². The highest BCUT2D eigenvalue weighted by Gasteiger charge is 2.09. The first-order valence-electron chi connectivity index (χ1n) is 6.23. The number of halogens is 2. The third kappa shape index (κ3) is 4.25. The van der Waals surface area contributed by atoms with Crippen LogP contribution in [0.1, 0.15) is 15.9 Å². The lowest BCUT2D eigenvalue weighted by atomic mass is 10.1. The summed E-state index contributed by atoms with van der Waals surface area (Å²) in [6.07, 6.45) is 0. The summed E-state index contributed by atoms with van der Waals surface area (Å²) in [5, 5.41) is 2.67. The monoisotopic (exact) mass is 292 g/mol. The molecule has 1 amide bonds. The molecule has 110 valence electrons. The van der Waals surface area contributed by atoms with E-state index < -0.39 is 12.5 Å². The fourth-order valence-electron chi connectivity index (χ4n) is 1.74. The number of nitrogens with two attached hydrogens (primary N) is 1. The average molecular weight is 292 g/mol. The Morgan fingerprint density at radius 2 is 1.90 bits per heavy atom. The molecule has 0 aromatic heterocycles. The van der Waals surface area contributed by atoms with E-state index in [2.05, 4.69) is 10.1 Å². The van der Waals surface area contributed by atoms with Crippen LogP contribution in [-0.2, 0) is 6.54 Å². The van der Waals surface area contributed by atoms with Crippen molar-refractivity contribution in [3.05, 3.63) is 59.7 Å². The molecule has 0 unspecified atom stereocenters. The van der Waals surface area contributed by atoms with Crippen LogP contribution in [0.2, 0.25) is 0 Å². The molecular weight excluding hydrogens is 278 g/mol. The standard InChI is InChI=1S/C15H14F2N2O2/c16-15(17)21-13-3-1-2-11(8-13)14(20)19-12-6-4-10(9-18)5-7-12/h1-8,15H,9,18H2,(H,19,20). The van der Waals surface area contributed by atoms with Crippen molar-refractivity contribution in [2.45, 2.75) is 13.2 Å². The van der Waals surface area contributed by atoms with Crippen LogP contribution in [-0.4, -0.2) is 12.5 Å². The van der Waals surface area contributed by atoms with Crippen LogP contribution in [0.5, 0.6) is 5.75 Å². The van der Waals surface area contributed by atoms with E-state index in [0.717, 1.165) is 5.56 Å². The Bertz CT molecular complexity index is 615. The molecule has 2 aromatic rings. The zero-order chi connectivity index (χ0) is 15.2. The molecular formula is C15H14F2N2O2. The van der Waals surface area contributed by atoms with Crippen molar-refractivity contribution in [2.75, 3.05) is 5.32 Å². The fourth-order valence-corrected chi connectivity index (χ4v) is 1.74. The van der Waals surface area contributed by atoms with E-state index in [9.17, 15) is 13.6 Å². The average Bonchev–Trinajstić information content (AvgIpc) is 2.47. The number of hydrogen-bond donors (Lipinski definition) is 2. The first-order chi connectivity index (χ1) is 10.1. The van der Waals surface area contributed by atoms with Crippen molar-refractivity contribution in [3.63, 3.8) is 0 Å². The van der Waals surface area contributed by atoms with E-state index in [1.807, 2.05) is 0 Å². The van der Waals surface area contributed by atoms with Gasteiger partial charge in [-0.3, -0.25) is 4.79 Å². The maximum Gasteiger partial charge on any atom is 0.387 e. The number of carbonyl (C=O) groups excluding carboxylic acids is 1. The number of benzene rings is 2. The molecule has 6 heteroatoms. The number of amides is 1. The van der Waals surface area contributed by atoms with E-state index in [0.29, 0.717) is 12.2 Å². The Labute approximate surface area is 120 Å². The Morgan fingerprint density at radius 1 is 1.19 bits per heavy atom. The Kier molecular flexibility index (Phi) is 4.84. The Hall–Kier alpha value is -2.47. The largest absolute Gasteiger partial charge is 0.435 e. The van der Waals surface area contributed by atoms with Crippen LogP contribution in [0.25, 0.3) is 0 Å². The predicted molar refractivity (Wildman–Crippen MR) is 75.4 cm³/mol. The quantitative estimate of drug-likeness (QED) is 0.890. The molecule has 2 aromatic carbocycles. The van der Waals surface area contributed by atoms with E-state index in [1.165, 1.54) is 24.3 Å². The molecule has 0 spiro atoms. The number of rotatable bonds is 5. The zero-order valence-corrected chi connectivity index (χ0v) is 11.1. The third-order valence-electron chi connectivity index (χ3n) is 2.77. The number of alkyl halides is 2. The number of ether oxygens (including phenoxy) is 1. The highest BCUT2D eigenvalue weighted by molar-refractivity contribution is 6.04. The molecule has 21 heavy (non-hydrogen) atoms. The summed E-state index contributed by atoms with van der Waals surface area (Å²) in [5.41, 5.74) is 7.26. The number of anilines is 1. The molecule has 0 aliphatic heterocycles. The van der Waals surface area contributed by atoms with Gasteiger partial charge in [-0.25, -0.2) is 0 Å². The molecule has 0 radical (unpaired) electrons. The van der Waals surface area contributed by atoms with Crippen molar-refractivity contribution < 1.29 is 18.3 Å². The minimum absolute atomic E-state index is 0.0591. The topological polar surface area (TPSA) is 64.3 Å². The summed E-state index contributed by atoms with van der Waals surface area (Å²) in [4.78, 5) is 12.0. The van der Waals surface area contributed by atoms with Gasteiger partial charge in [0, 0.05) is 17.8 Å². The van der Waals surface area contributed by atoms with Crippen molar-refractivity contribution in [3.8, 4) is 5.75 Å². The number of hydrogen-bond acceptors (Lipinski definition) is 3. The second kappa shape index (κ2) is 6.81. The van der Waals surface area contributed by atoms with Crippen molar-refractivity contribution in [1.82, 2.24) is 0 Å². The maximum absolute atomic E-state index is 12.1. The second-order valence-electron chi connectivity index (χ2n) is 4.26. The molecule has 0 saturated heterocycles. The SMILES string of the molecule is NCc1ccc(NC(=O)c2cccc(OC(F)F)c2)cc1. The molecule has 4 nitrogen and oxygen atoms in total. The van der Waals surface area contributed by atoms with Gasteiger partial charge in [-0.05, 0) is 35.9 Å². The molecule has 2 rings (SSSR count). The number of carbonyl (C=O) groups is 1. The van der Waals surface area contributed by atoms with Gasteiger partial charge in [-0.15, -0.1) is 0 Å². The van der Waals surface area contributed by atoms with Gasteiger partial charge in [0.2, 0.25) is 0 Å². The highest BCUT2D eigenvalue weighted by atomic mass is 19.3. The Balaban J connectivity index is 2.08. The summed E-state index contributed by atoms with van der Waals surface area (Å²) in [7, 11) is 0. The van der Waals surface area contributed by atoms with E-state index in [-0.39, 0.29) is 11.3 Å². The third-order valence-corrected chi connectivity index (χ3v) is 2.77. The van der Waals surface area contributed by atoms with Crippen molar-refractivity contribution in [1.29, 1.82) is 0 Å². The minimum Gasteiger partial charge on any atom is -0.435 e. The molecule has 0 heterocycles. The van der Waals surface area contributed by atoms with Crippen LogP contribution in [0.15, 0.2) is 48.5 Å². The van der Waals surface area contributed by atoms with Gasteiger partial charge in [0.05, 0.1) is 0 Å². The number of nitrogens with one attached hydrogen (secondary N) is 1. The van der Waals surface area contributed by atoms with Crippen molar-refractivity contribution >= 4 is 11.6 Å². The van der Waals surface area contributed by atoms with Gasteiger partial charge in [0.25, 0.3) is 5.91 Å². The summed E-state index contributed by atoms with van der Waals surface area (Å²) >= 11 is 0. The Morgan fingerprint density at radius 3 is 2.52 bits per heavy atom. The summed E-state index contributed by atoms with van der Waals surface area (Å²) < 4.78 is 28.5. The van der Waals surface area contributed by atoms with E-state index in [1.54, 1.807) is 24.3 Å². The first-order valence-corrected chi connectivity index (χ1v) is 6.23. The molecule has 0 saturated carbocycles. The summed E-state index contributed by atoms with van der Waals surface area (Å²) in [5.74, 6) is -0.466. The van der Waals surface area contributed by atoms with E-state index >= 15 is 0 Å². The summed E-state index contributed by atoms with van der Waals surface area (Å²) in [6, 6.07) is 12.7. The second-order valence-corrected chi connectivity index (χ2v) is 4.26. The normalized spacial score (nSPS) is 10.5. The van der Waals surface area contributed by atoms with Crippen LogP contribution in [0.3, 0.4) is 0 Å². The first kappa shape index (κ1) is 14.9. The molecule has 3 N–H and O–H groups in total. The fraction of sp³-hybridized carbons (Fsp3) is 0.133. The zero-order valence-electron chi connectivity index (χ0n) is 11.1. The van der Waals surface area contributed by atoms with Crippen LogP contribution >= 0.6 is 0 Å². The molecule has 0 atom stereocenters. The molecule has 0 aliphatic carbocycles. The lowest BCUT2D eigenvalue weighted by Gasteiger charge is -2.08. The molecule has 0 fully saturated rings. The summed E-state index contributed by atoms with van der Waals surface area (Å²) in [6.45, 7) is -2.51. The lowest BCUT2D eigenvalue weighted by Crippen LogP contribution is -2.12. The smallest absolute Gasteiger partial charge is 0.387 e. The van der Waals surface area contributed by atoms with Crippen LogP contribution < -0.4 is 15.8 Å². The highest BCUT2D eigenvalue weighted by Crippen LogP contribution is 2.17. The lowest BCUT2D eigenvalue weighted by molar-refractivity contribution is -0.0498. The van der Waals surface area contributed by atoms with Gasteiger partial charge in [0.15, 0.2) is 0 Å². The van der Waals surface area contributed by atoms with Gasteiger partial charge in [-0.2, -0.15) is 8.78 Å².